The minimum Gasteiger partial charge on any atom is -0.456 e. The van der Waals surface area contributed by atoms with Crippen LogP contribution < -0.4 is 4.90 Å². The fraction of sp³-hybridized carbons (Fsp3) is 0. The summed E-state index contributed by atoms with van der Waals surface area (Å²) in [7, 11) is 0. The Bertz CT molecular complexity index is 3060. The van der Waals surface area contributed by atoms with Gasteiger partial charge in [0.2, 0.25) is 0 Å². The third kappa shape index (κ3) is 5.20. The molecule has 0 aliphatic heterocycles. The number of fused-ring (bicyclic) bond motifs is 7. The fourth-order valence-electron chi connectivity index (χ4n) is 8.37. The van der Waals surface area contributed by atoms with Crippen molar-refractivity contribution in [3.63, 3.8) is 0 Å². The number of hydrogen-bond donors (Lipinski definition) is 0. The maximum absolute atomic E-state index is 6.29. The molecule has 0 unspecified atom stereocenters. The standard InChI is InChI=1S/C52H33NO2/c1-2-18-41-34(12-1)13-9-21-42(41)35-28-30-38(31-29-35)53(39-16-7-14-36(32-39)43-22-10-26-49-51(43)45-19-3-5-24-47(45)54-49)40-17-8-15-37(33-40)44-23-11-27-50-52(44)46-20-4-6-25-48(46)55-50/h1-33H. The Morgan fingerprint density at radius 3 is 1.35 bits per heavy atom. The van der Waals surface area contributed by atoms with Gasteiger partial charge in [0, 0.05) is 38.6 Å². The van der Waals surface area contributed by atoms with Crippen LogP contribution in [-0.2, 0) is 0 Å². The number of furan rings is 2. The zero-order valence-electron chi connectivity index (χ0n) is 29.8. The van der Waals surface area contributed by atoms with Crippen LogP contribution >= 0.6 is 0 Å². The Morgan fingerprint density at radius 2 is 0.745 bits per heavy atom. The van der Waals surface area contributed by atoms with E-state index in [0.717, 1.165) is 83.2 Å². The van der Waals surface area contributed by atoms with Crippen molar-refractivity contribution >= 4 is 71.7 Å². The lowest BCUT2D eigenvalue weighted by Crippen LogP contribution is -2.10. The second-order valence-electron chi connectivity index (χ2n) is 14.1. The minimum atomic E-state index is 0.888. The zero-order valence-corrected chi connectivity index (χ0v) is 29.8. The Kier molecular flexibility index (Phi) is 7.17. The molecule has 0 fully saturated rings. The van der Waals surface area contributed by atoms with Gasteiger partial charge in [-0.25, -0.2) is 0 Å². The van der Waals surface area contributed by atoms with E-state index in [2.05, 4.69) is 181 Å². The Morgan fingerprint density at radius 1 is 0.291 bits per heavy atom. The number of nitrogens with zero attached hydrogens (tertiary/aromatic N) is 1. The van der Waals surface area contributed by atoms with Crippen LogP contribution in [0.2, 0.25) is 0 Å². The number of hydrogen-bond acceptors (Lipinski definition) is 3. The zero-order chi connectivity index (χ0) is 36.3. The minimum absolute atomic E-state index is 0.888. The molecule has 11 rings (SSSR count). The largest absolute Gasteiger partial charge is 0.456 e. The van der Waals surface area contributed by atoms with Crippen LogP contribution in [0, 0.1) is 0 Å². The lowest BCUT2D eigenvalue weighted by molar-refractivity contribution is 0.668. The van der Waals surface area contributed by atoms with Crippen molar-refractivity contribution in [2.75, 3.05) is 4.90 Å². The van der Waals surface area contributed by atoms with Gasteiger partial charge in [-0.3, -0.25) is 0 Å². The Hall–Kier alpha value is -7.36. The topological polar surface area (TPSA) is 29.5 Å². The number of anilines is 3. The van der Waals surface area contributed by atoms with Crippen LogP contribution in [0.3, 0.4) is 0 Å². The molecule has 0 saturated heterocycles. The van der Waals surface area contributed by atoms with E-state index in [1.54, 1.807) is 0 Å². The molecule has 0 atom stereocenters. The van der Waals surface area contributed by atoms with Gasteiger partial charge in [-0.15, -0.1) is 0 Å². The maximum atomic E-state index is 6.29. The molecule has 0 bridgehead atoms. The van der Waals surface area contributed by atoms with Gasteiger partial charge in [0.1, 0.15) is 22.3 Å². The summed E-state index contributed by atoms with van der Waals surface area (Å²) in [5.41, 5.74) is 13.7. The summed E-state index contributed by atoms with van der Waals surface area (Å²) in [5, 5.41) is 6.98. The number of rotatable bonds is 6. The first kappa shape index (κ1) is 31.2. The van der Waals surface area contributed by atoms with Gasteiger partial charge in [-0.1, -0.05) is 140 Å². The Labute approximate surface area is 317 Å². The molecule has 2 heterocycles. The highest BCUT2D eigenvalue weighted by atomic mass is 16.3. The molecule has 9 aromatic carbocycles. The van der Waals surface area contributed by atoms with Crippen molar-refractivity contribution in [3.05, 3.63) is 200 Å². The molecule has 2 aromatic heterocycles. The van der Waals surface area contributed by atoms with Crippen molar-refractivity contribution in [1.29, 1.82) is 0 Å². The molecule has 258 valence electrons. The quantitative estimate of drug-likeness (QED) is 0.173. The van der Waals surface area contributed by atoms with Crippen molar-refractivity contribution in [1.82, 2.24) is 0 Å². The van der Waals surface area contributed by atoms with Crippen LogP contribution in [-0.4, -0.2) is 0 Å². The molecule has 0 aliphatic carbocycles. The molecule has 3 nitrogen and oxygen atoms in total. The van der Waals surface area contributed by atoms with Crippen molar-refractivity contribution in [3.8, 4) is 33.4 Å². The van der Waals surface area contributed by atoms with E-state index >= 15 is 0 Å². The molecular formula is C52H33NO2. The summed E-state index contributed by atoms with van der Waals surface area (Å²) in [6.07, 6.45) is 0. The van der Waals surface area contributed by atoms with Gasteiger partial charge in [0.05, 0.1) is 0 Å². The van der Waals surface area contributed by atoms with E-state index in [9.17, 15) is 0 Å². The van der Waals surface area contributed by atoms with Gasteiger partial charge in [0.15, 0.2) is 0 Å². The average Bonchev–Trinajstić information content (AvgIpc) is 3.83. The monoisotopic (exact) mass is 703 g/mol. The van der Waals surface area contributed by atoms with E-state index < -0.39 is 0 Å². The highest BCUT2D eigenvalue weighted by molar-refractivity contribution is 6.13. The second-order valence-corrected chi connectivity index (χ2v) is 14.1. The average molecular weight is 704 g/mol. The third-order valence-electron chi connectivity index (χ3n) is 10.9. The summed E-state index contributed by atoms with van der Waals surface area (Å²) in [5.74, 6) is 0. The summed E-state index contributed by atoms with van der Waals surface area (Å²) >= 11 is 0. The maximum Gasteiger partial charge on any atom is 0.136 e. The molecule has 0 amide bonds. The summed E-state index contributed by atoms with van der Waals surface area (Å²) in [6.45, 7) is 0. The SMILES string of the molecule is c1cc(-c2cccc3oc4ccccc4c23)cc(N(c2ccc(-c3cccc4ccccc34)cc2)c2cccc(-c3cccc4oc5ccccc5c34)c2)c1. The molecule has 11 aromatic rings. The van der Waals surface area contributed by atoms with Crippen LogP contribution in [0.5, 0.6) is 0 Å². The highest BCUT2D eigenvalue weighted by Crippen LogP contribution is 2.43. The molecular weight excluding hydrogens is 671 g/mol. The van der Waals surface area contributed by atoms with Gasteiger partial charge in [0.25, 0.3) is 0 Å². The predicted octanol–water partition coefficient (Wildman–Crippen LogP) is 15.1. The van der Waals surface area contributed by atoms with E-state index in [4.69, 9.17) is 8.83 Å². The molecule has 0 radical (unpaired) electrons. The smallest absolute Gasteiger partial charge is 0.136 e. The summed E-state index contributed by atoms with van der Waals surface area (Å²) in [6, 6.07) is 71.1. The summed E-state index contributed by atoms with van der Waals surface area (Å²) < 4.78 is 12.6. The van der Waals surface area contributed by atoms with Gasteiger partial charge in [-0.05, 0) is 105 Å². The Balaban J connectivity index is 1.09. The second kappa shape index (κ2) is 12.6. The van der Waals surface area contributed by atoms with E-state index in [0.29, 0.717) is 0 Å². The first-order valence-corrected chi connectivity index (χ1v) is 18.7. The van der Waals surface area contributed by atoms with Crippen LogP contribution in [0.4, 0.5) is 17.1 Å². The van der Waals surface area contributed by atoms with E-state index in [1.165, 1.54) is 21.9 Å². The number of benzene rings is 9. The van der Waals surface area contributed by atoms with Crippen molar-refractivity contribution < 1.29 is 8.83 Å². The van der Waals surface area contributed by atoms with Crippen LogP contribution in [0.15, 0.2) is 209 Å². The van der Waals surface area contributed by atoms with Crippen molar-refractivity contribution in [2.45, 2.75) is 0 Å². The first-order valence-electron chi connectivity index (χ1n) is 18.7. The molecule has 3 heteroatoms. The van der Waals surface area contributed by atoms with E-state index in [-0.39, 0.29) is 0 Å². The van der Waals surface area contributed by atoms with Gasteiger partial charge in [-0.2, -0.15) is 0 Å². The van der Waals surface area contributed by atoms with E-state index in [1.807, 2.05) is 24.3 Å². The number of para-hydroxylation sites is 2. The molecule has 0 spiro atoms. The first-order chi connectivity index (χ1) is 27.3. The molecule has 0 N–H and O–H groups in total. The lowest BCUT2D eigenvalue weighted by Gasteiger charge is -2.27. The normalized spacial score (nSPS) is 11.6. The van der Waals surface area contributed by atoms with Gasteiger partial charge < -0.3 is 13.7 Å². The predicted molar refractivity (Wildman–Crippen MR) is 229 cm³/mol. The third-order valence-corrected chi connectivity index (χ3v) is 10.9. The van der Waals surface area contributed by atoms with Crippen LogP contribution in [0.1, 0.15) is 0 Å². The molecule has 55 heavy (non-hydrogen) atoms. The van der Waals surface area contributed by atoms with Crippen molar-refractivity contribution in [2.24, 2.45) is 0 Å². The lowest BCUT2D eigenvalue weighted by atomic mass is 9.97. The molecule has 0 saturated carbocycles. The summed E-state index contributed by atoms with van der Waals surface area (Å²) in [4.78, 5) is 2.36. The fourth-order valence-corrected chi connectivity index (χ4v) is 8.37. The van der Waals surface area contributed by atoms with Crippen LogP contribution in [0.25, 0.3) is 88.0 Å². The van der Waals surface area contributed by atoms with Gasteiger partial charge >= 0.3 is 0 Å². The molecule has 0 aliphatic rings. The highest BCUT2D eigenvalue weighted by Gasteiger charge is 2.19.